The van der Waals surface area contributed by atoms with Crippen LogP contribution in [0.25, 0.3) is 11.1 Å². The fraction of sp³-hybridized carbons (Fsp3) is 0.471. The van der Waals surface area contributed by atoms with E-state index in [-0.39, 0.29) is 5.82 Å². The maximum atomic E-state index is 13.6. The lowest BCUT2D eigenvalue weighted by Crippen LogP contribution is -2.22. The quantitative estimate of drug-likeness (QED) is 0.874. The minimum atomic E-state index is -0.196. The maximum absolute atomic E-state index is 13.6. The molecule has 114 valence electrons. The lowest BCUT2D eigenvalue weighted by Gasteiger charge is -2.13. The zero-order chi connectivity index (χ0) is 15.4. The van der Waals surface area contributed by atoms with Gasteiger partial charge in [0.25, 0.3) is 0 Å². The van der Waals surface area contributed by atoms with E-state index in [1.807, 2.05) is 16.9 Å². The molecule has 1 heterocycles. The second-order valence-corrected chi connectivity index (χ2v) is 5.70. The molecular weight excluding hydrogens is 265 g/mol. The molecule has 0 fully saturated rings. The summed E-state index contributed by atoms with van der Waals surface area (Å²) in [5, 5.41) is 7.80. The number of aromatic nitrogens is 2. The van der Waals surface area contributed by atoms with Crippen molar-refractivity contribution in [1.82, 2.24) is 15.1 Å². The van der Waals surface area contributed by atoms with Crippen molar-refractivity contribution in [3.05, 3.63) is 41.5 Å². The third-order valence-corrected chi connectivity index (χ3v) is 3.60. The number of benzene rings is 1. The van der Waals surface area contributed by atoms with Gasteiger partial charge in [0.15, 0.2) is 0 Å². The summed E-state index contributed by atoms with van der Waals surface area (Å²) in [6, 6.07) is 5.35. The van der Waals surface area contributed by atoms with Gasteiger partial charge in [-0.2, -0.15) is 5.10 Å². The Morgan fingerprint density at radius 2 is 2.05 bits per heavy atom. The van der Waals surface area contributed by atoms with Crippen molar-refractivity contribution in [2.75, 3.05) is 0 Å². The summed E-state index contributed by atoms with van der Waals surface area (Å²) in [7, 11) is 0. The summed E-state index contributed by atoms with van der Waals surface area (Å²) >= 11 is 0. The molecule has 1 N–H and O–H groups in total. The van der Waals surface area contributed by atoms with Crippen LogP contribution in [0.4, 0.5) is 4.39 Å². The monoisotopic (exact) mass is 289 g/mol. The average molecular weight is 289 g/mol. The molecule has 3 nitrogen and oxygen atoms in total. The molecule has 0 spiro atoms. The Labute approximate surface area is 126 Å². The highest BCUT2D eigenvalue weighted by molar-refractivity contribution is 5.69. The minimum absolute atomic E-state index is 0.196. The van der Waals surface area contributed by atoms with E-state index < -0.39 is 0 Å². The van der Waals surface area contributed by atoms with E-state index in [1.165, 1.54) is 6.07 Å². The van der Waals surface area contributed by atoms with Crippen molar-refractivity contribution in [1.29, 1.82) is 0 Å². The van der Waals surface area contributed by atoms with Crippen LogP contribution in [0.5, 0.6) is 0 Å². The Morgan fingerprint density at radius 3 is 2.71 bits per heavy atom. The van der Waals surface area contributed by atoms with Crippen LogP contribution in [-0.2, 0) is 13.1 Å². The second-order valence-electron chi connectivity index (χ2n) is 5.70. The molecule has 0 bridgehead atoms. The summed E-state index contributed by atoms with van der Waals surface area (Å²) in [4.78, 5) is 0. The number of halogens is 1. The minimum Gasteiger partial charge on any atom is -0.310 e. The molecule has 0 aliphatic heterocycles. The van der Waals surface area contributed by atoms with Crippen LogP contribution in [0, 0.1) is 12.7 Å². The van der Waals surface area contributed by atoms with E-state index in [0.717, 1.165) is 35.3 Å². The van der Waals surface area contributed by atoms with E-state index in [2.05, 4.69) is 38.1 Å². The van der Waals surface area contributed by atoms with Gasteiger partial charge in [-0.3, -0.25) is 4.68 Å². The summed E-state index contributed by atoms with van der Waals surface area (Å²) in [6.07, 6.45) is 2.93. The Balaban J connectivity index is 2.38. The van der Waals surface area contributed by atoms with E-state index in [9.17, 15) is 4.39 Å². The van der Waals surface area contributed by atoms with Gasteiger partial charge in [0, 0.05) is 30.4 Å². The largest absolute Gasteiger partial charge is 0.310 e. The molecule has 1 aromatic carbocycles. The molecule has 0 saturated heterocycles. The first kappa shape index (κ1) is 15.7. The topological polar surface area (TPSA) is 29.9 Å². The third kappa shape index (κ3) is 3.70. The van der Waals surface area contributed by atoms with Gasteiger partial charge in [0.2, 0.25) is 0 Å². The number of hydrogen-bond acceptors (Lipinski definition) is 2. The third-order valence-electron chi connectivity index (χ3n) is 3.60. The summed E-state index contributed by atoms with van der Waals surface area (Å²) in [5.74, 6) is -0.196. The Bertz CT molecular complexity index is 602. The number of nitrogens with one attached hydrogen (secondary N) is 1. The van der Waals surface area contributed by atoms with Crippen LogP contribution < -0.4 is 5.32 Å². The molecule has 2 rings (SSSR count). The molecule has 0 saturated carbocycles. The van der Waals surface area contributed by atoms with Gasteiger partial charge in [-0.15, -0.1) is 0 Å². The lowest BCUT2D eigenvalue weighted by molar-refractivity contribution is 0.581. The standard InChI is InChI=1S/C17H24FN3/c1-5-8-21-13(4)17(11-20-21)16-7-6-15(18)9-14(16)10-19-12(2)3/h6-7,9,11-12,19H,5,8,10H2,1-4H3. The van der Waals surface area contributed by atoms with Gasteiger partial charge >= 0.3 is 0 Å². The molecule has 1 aromatic heterocycles. The van der Waals surface area contributed by atoms with Gasteiger partial charge in [0.05, 0.1) is 6.20 Å². The van der Waals surface area contributed by atoms with Gasteiger partial charge < -0.3 is 5.32 Å². The van der Waals surface area contributed by atoms with Crippen molar-refractivity contribution < 1.29 is 4.39 Å². The van der Waals surface area contributed by atoms with E-state index in [0.29, 0.717) is 12.6 Å². The first-order valence-corrected chi connectivity index (χ1v) is 7.57. The van der Waals surface area contributed by atoms with Crippen LogP contribution in [0.2, 0.25) is 0 Å². The zero-order valence-electron chi connectivity index (χ0n) is 13.3. The van der Waals surface area contributed by atoms with Crippen LogP contribution in [0.1, 0.15) is 38.4 Å². The molecular formula is C17H24FN3. The van der Waals surface area contributed by atoms with Crippen molar-refractivity contribution in [3.63, 3.8) is 0 Å². The molecule has 21 heavy (non-hydrogen) atoms. The smallest absolute Gasteiger partial charge is 0.123 e. The zero-order valence-corrected chi connectivity index (χ0v) is 13.3. The Morgan fingerprint density at radius 1 is 1.29 bits per heavy atom. The van der Waals surface area contributed by atoms with Crippen LogP contribution in [0.3, 0.4) is 0 Å². The van der Waals surface area contributed by atoms with Gasteiger partial charge in [-0.25, -0.2) is 4.39 Å². The second kappa shape index (κ2) is 6.85. The Kier molecular flexibility index (Phi) is 5.12. The van der Waals surface area contributed by atoms with Gasteiger partial charge in [0.1, 0.15) is 5.82 Å². The van der Waals surface area contributed by atoms with Crippen molar-refractivity contribution in [2.45, 2.75) is 53.2 Å². The lowest BCUT2D eigenvalue weighted by atomic mass is 10.00. The number of aryl methyl sites for hydroxylation is 1. The van der Waals surface area contributed by atoms with Crippen LogP contribution in [-0.4, -0.2) is 15.8 Å². The highest BCUT2D eigenvalue weighted by atomic mass is 19.1. The van der Waals surface area contributed by atoms with Crippen LogP contribution in [0.15, 0.2) is 24.4 Å². The molecule has 4 heteroatoms. The predicted molar refractivity (Wildman–Crippen MR) is 84.6 cm³/mol. The van der Waals surface area contributed by atoms with Gasteiger partial charge in [-0.05, 0) is 36.6 Å². The molecule has 0 radical (unpaired) electrons. The van der Waals surface area contributed by atoms with E-state index >= 15 is 0 Å². The number of hydrogen-bond donors (Lipinski definition) is 1. The number of nitrogens with zero attached hydrogens (tertiary/aromatic N) is 2. The molecule has 0 aliphatic carbocycles. The first-order chi connectivity index (χ1) is 10.0. The van der Waals surface area contributed by atoms with Crippen molar-refractivity contribution >= 4 is 0 Å². The highest BCUT2D eigenvalue weighted by Gasteiger charge is 2.13. The molecule has 2 aromatic rings. The van der Waals surface area contributed by atoms with E-state index in [4.69, 9.17) is 0 Å². The highest BCUT2D eigenvalue weighted by Crippen LogP contribution is 2.27. The van der Waals surface area contributed by atoms with Crippen molar-refractivity contribution in [2.24, 2.45) is 0 Å². The summed E-state index contributed by atoms with van der Waals surface area (Å²) in [6.45, 7) is 9.94. The molecule has 0 amide bonds. The fourth-order valence-electron chi connectivity index (χ4n) is 2.43. The maximum Gasteiger partial charge on any atom is 0.123 e. The SMILES string of the molecule is CCCn1ncc(-c2ccc(F)cc2CNC(C)C)c1C. The summed E-state index contributed by atoms with van der Waals surface area (Å²) in [5.41, 5.74) is 4.26. The van der Waals surface area contributed by atoms with E-state index in [1.54, 1.807) is 6.07 Å². The predicted octanol–water partition coefficient (Wildman–Crippen LogP) is 3.91. The Hall–Kier alpha value is -1.68. The normalized spacial score (nSPS) is 11.3. The van der Waals surface area contributed by atoms with Gasteiger partial charge in [-0.1, -0.05) is 26.8 Å². The molecule has 0 atom stereocenters. The van der Waals surface area contributed by atoms with Crippen molar-refractivity contribution in [3.8, 4) is 11.1 Å². The average Bonchev–Trinajstić information content (AvgIpc) is 2.79. The summed E-state index contributed by atoms with van der Waals surface area (Å²) < 4.78 is 15.6. The number of rotatable bonds is 6. The fourth-order valence-corrected chi connectivity index (χ4v) is 2.43. The molecule has 0 unspecified atom stereocenters. The van der Waals surface area contributed by atoms with Crippen LogP contribution >= 0.6 is 0 Å². The first-order valence-electron chi connectivity index (χ1n) is 7.57. The molecule has 0 aliphatic rings.